The van der Waals surface area contributed by atoms with E-state index in [9.17, 15) is 9.90 Å². The van der Waals surface area contributed by atoms with E-state index in [1.807, 2.05) is 30.3 Å². The minimum Gasteiger partial charge on any atom is -0.506 e. The van der Waals surface area contributed by atoms with Crippen LogP contribution in [-0.4, -0.2) is 17.5 Å². The Morgan fingerprint density at radius 1 is 0.909 bits per heavy atom. The maximum absolute atomic E-state index is 11.8. The fraction of sp³-hybridized carbons (Fsp3) is 0. The molecule has 0 saturated carbocycles. The fourth-order valence-corrected chi connectivity index (χ4v) is 1.99. The number of para-hydroxylation sites is 1. The second-order valence-corrected chi connectivity index (χ2v) is 4.55. The number of benzene rings is 2. The predicted octanol–water partition coefficient (Wildman–Crippen LogP) is 2.95. The lowest BCUT2D eigenvalue weighted by atomic mass is 10.1. The molecule has 1 heterocycles. The van der Waals surface area contributed by atoms with Gasteiger partial charge in [0.05, 0.1) is 17.8 Å². The third-order valence-electron chi connectivity index (χ3n) is 3.08. The van der Waals surface area contributed by atoms with Gasteiger partial charge in [-0.25, -0.2) is 4.79 Å². The lowest BCUT2D eigenvalue weighted by Crippen LogP contribution is -2.06. The topological polar surface area (TPSA) is 75.2 Å². The van der Waals surface area contributed by atoms with Gasteiger partial charge in [0, 0.05) is 0 Å². The van der Waals surface area contributed by atoms with Crippen LogP contribution in [0.15, 0.2) is 74.0 Å². The van der Waals surface area contributed by atoms with Gasteiger partial charge >= 0.3 is 5.63 Å². The molecule has 0 spiro atoms. The summed E-state index contributed by atoms with van der Waals surface area (Å²) in [5, 5.41) is 18.2. The Kier molecular flexibility index (Phi) is 3.78. The van der Waals surface area contributed by atoms with Gasteiger partial charge in [0.15, 0.2) is 0 Å². The van der Waals surface area contributed by atoms with E-state index < -0.39 is 5.63 Å². The van der Waals surface area contributed by atoms with Crippen molar-refractivity contribution in [2.24, 2.45) is 10.2 Å². The Balaban J connectivity index is 1.92. The molecule has 0 fully saturated rings. The zero-order valence-electron chi connectivity index (χ0n) is 11.5. The molecule has 0 aliphatic heterocycles. The summed E-state index contributed by atoms with van der Waals surface area (Å²) in [4.78, 5) is 11.8. The van der Waals surface area contributed by atoms with Crippen molar-refractivity contribution >= 4 is 23.4 Å². The van der Waals surface area contributed by atoms with E-state index in [1.165, 1.54) is 6.21 Å². The molecule has 1 N–H and O–H groups in total. The number of hydrogen-bond donors (Lipinski definition) is 1. The summed E-state index contributed by atoms with van der Waals surface area (Å²) in [5.41, 5.74) is 0.531. The molecule has 0 bridgehead atoms. The molecule has 3 rings (SSSR count). The van der Waals surface area contributed by atoms with E-state index in [2.05, 4.69) is 10.2 Å². The third kappa shape index (κ3) is 2.78. The Hall–Kier alpha value is -3.21. The van der Waals surface area contributed by atoms with E-state index >= 15 is 0 Å². The van der Waals surface area contributed by atoms with Crippen LogP contribution in [0.25, 0.3) is 11.0 Å². The molecule has 0 unspecified atom stereocenters. The number of hydrogen-bond acceptors (Lipinski definition) is 5. The Labute approximate surface area is 125 Å². The highest BCUT2D eigenvalue weighted by Gasteiger charge is 2.11. The average molecular weight is 292 g/mol. The van der Waals surface area contributed by atoms with Crippen molar-refractivity contribution in [3.05, 3.63) is 76.1 Å². The molecule has 1 aromatic heterocycles. The van der Waals surface area contributed by atoms with E-state index in [0.29, 0.717) is 11.0 Å². The van der Waals surface area contributed by atoms with Gasteiger partial charge in [0.2, 0.25) is 0 Å². The predicted molar refractivity (Wildman–Crippen MR) is 85.8 cm³/mol. The Morgan fingerprint density at radius 2 is 1.59 bits per heavy atom. The van der Waals surface area contributed by atoms with Crippen LogP contribution in [0.5, 0.6) is 5.75 Å². The standard InChI is InChI=1S/C17H12N2O3/c20-16-13-8-4-5-9-15(13)22-17(21)14(16)11-19-18-10-12-6-2-1-3-7-12/h1-11,20H/b18-10+,19-11+. The molecule has 0 atom stereocenters. The summed E-state index contributed by atoms with van der Waals surface area (Å²) in [6.07, 6.45) is 2.74. The van der Waals surface area contributed by atoms with Crippen LogP contribution in [0.1, 0.15) is 11.1 Å². The minimum absolute atomic E-state index is 0.0242. The van der Waals surface area contributed by atoms with Gasteiger partial charge in [-0.2, -0.15) is 10.2 Å². The minimum atomic E-state index is -0.658. The van der Waals surface area contributed by atoms with Gasteiger partial charge in [-0.05, 0) is 17.7 Å². The molecule has 0 aliphatic carbocycles. The molecule has 0 radical (unpaired) electrons. The maximum Gasteiger partial charge on any atom is 0.349 e. The number of rotatable bonds is 3. The van der Waals surface area contributed by atoms with E-state index in [0.717, 1.165) is 5.56 Å². The van der Waals surface area contributed by atoms with Crippen molar-refractivity contribution in [3.63, 3.8) is 0 Å². The molecule has 3 aromatic rings. The summed E-state index contributed by atoms with van der Waals surface area (Å²) in [7, 11) is 0. The zero-order chi connectivity index (χ0) is 15.4. The summed E-state index contributed by atoms with van der Waals surface area (Å²) in [6.45, 7) is 0. The first-order valence-electron chi connectivity index (χ1n) is 6.62. The highest BCUT2D eigenvalue weighted by Crippen LogP contribution is 2.24. The van der Waals surface area contributed by atoms with Crippen molar-refractivity contribution in [3.8, 4) is 5.75 Å². The summed E-state index contributed by atoms with van der Waals surface area (Å²) in [6, 6.07) is 16.2. The first-order chi connectivity index (χ1) is 10.8. The summed E-state index contributed by atoms with van der Waals surface area (Å²) in [5.74, 6) is -0.162. The number of aromatic hydroxyl groups is 1. The van der Waals surface area contributed by atoms with Gasteiger partial charge in [0.1, 0.15) is 16.9 Å². The lowest BCUT2D eigenvalue weighted by molar-refractivity contribution is 0.466. The monoisotopic (exact) mass is 292 g/mol. The van der Waals surface area contributed by atoms with Crippen LogP contribution in [0, 0.1) is 0 Å². The van der Waals surface area contributed by atoms with Crippen LogP contribution in [0.4, 0.5) is 0 Å². The van der Waals surface area contributed by atoms with Gasteiger partial charge < -0.3 is 9.52 Å². The Bertz CT molecular complexity index is 912. The van der Waals surface area contributed by atoms with Crippen molar-refractivity contribution in [1.29, 1.82) is 0 Å². The largest absolute Gasteiger partial charge is 0.506 e. The normalized spacial score (nSPS) is 11.6. The highest BCUT2D eigenvalue weighted by molar-refractivity contribution is 5.93. The average Bonchev–Trinajstić information content (AvgIpc) is 2.55. The van der Waals surface area contributed by atoms with Gasteiger partial charge in [-0.3, -0.25) is 0 Å². The molecule has 22 heavy (non-hydrogen) atoms. The van der Waals surface area contributed by atoms with Crippen LogP contribution < -0.4 is 5.63 Å². The molecule has 0 saturated heterocycles. The fourth-order valence-electron chi connectivity index (χ4n) is 1.99. The van der Waals surface area contributed by atoms with E-state index in [4.69, 9.17) is 4.42 Å². The molecule has 0 amide bonds. The molecule has 5 heteroatoms. The van der Waals surface area contributed by atoms with E-state index in [-0.39, 0.29) is 11.3 Å². The quantitative estimate of drug-likeness (QED) is 0.458. The van der Waals surface area contributed by atoms with E-state index in [1.54, 1.807) is 30.5 Å². The van der Waals surface area contributed by atoms with Gasteiger partial charge in [-0.15, -0.1) is 0 Å². The smallest absolute Gasteiger partial charge is 0.349 e. The molecular weight excluding hydrogens is 280 g/mol. The van der Waals surface area contributed by atoms with Crippen molar-refractivity contribution < 1.29 is 9.52 Å². The second kappa shape index (κ2) is 6.05. The lowest BCUT2D eigenvalue weighted by Gasteiger charge is -2.01. The van der Waals surface area contributed by atoms with Crippen molar-refractivity contribution in [2.75, 3.05) is 0 Å². The van der Waals surface area contributed by atoms with Crippen molar-refractivity contribution in [2.45, 2.75) is 0 Å². The highest BCUT2D eigenvalue weighted by atomic mass is 16.4. The maximum atomic E-state index is 11.8. The van der Waals surface area contributed by atoms with Gasteiger partial charge in [-0.1, -0.05) is 42.5 Å². The SMILES string of the molecule is O=c1oc2ccccc2c(O)c1/C=N/N=C/c1ccccc1. The molecule has 5 nitrogen and oxygen atoms in total. The molecular formula is C17H12N2O3. The zero-order valence-corrected chi connectivity index (χ0v) is 11.5. The summed E-state index contributed by atoms with van der Waals surface area (Å²) >= 11 is 0. The molecule has 108 valence electrons. The first-order valence-corrected chi connectivity index (χ1v) is 6.62. The van der Waals surface area contributed by atoms with Crippen LogP contribution in [0.2, 0.25) is 0 Å². The van der Waals surface area contributed by atoms with Crippen LogP contribution in [0.3, 0.4) is 0 Å². The van der Waals surface area contributed by atoms with Crippen molar-refractivity contribution in [1.82, 2.24) is 0 Å². The molecule has 0 aliphatic rings. The van der Waals surface area contributed by atoms with Crippen LogP contribution in [-0.2, 0) is 0 Å². The first kappa shape index (κ1) is 13.8. The Morgan fingerprint density at radius 3 is 2.41 bits per heavy atom. The third-order valence-corrected chi connectivity index (χ3v) is 3.08. The second-order valence-electron chi connectivity index (χ2n) is 4.55. The number of fused-ring (bicyclic) bond motifs is 1. The van der Waals surface area contributed by atoms with Crippen LogP contribution >= 0.6 is 0 Å². The summed E-state index contributed by atoms with van der Waals surface area (Å²) < 4.78 is 5.13. The van der Waals surface area contributed by atoms with Gasteiger partial charge in [0.25, 0.3) is 0 Å². The number of nitrogens with zero attached hydrogens (tertiary/aromatic N) is 2. The molecule has 2 aromatic carbocycles.